The molecule has 0 saturated carbocycles. The Kier molecular flexibility index (Phi) is 7.82. The van der Waals surface area contributed by atoms with E-state index >= 15 is 0 Å². The van der Waals surface area contributed by atoms with Gasteiger partial charge in [-0.1, -0.05) is 29.8 Å². The molecule has 25 heavy (non-hydrogen) atoms. The van der Waals surface area contributed by atoms with E-state index in [2.05, 4.69) is 11.9 Å². The second-order valence-corrected chi connectivity index (χ2v) is 6.18. The average Bonchev–Trinajstić information content (AvgIpc) is 2.57. The van der Waals surface area contributed by atoms with Crippen LogP contribution in [0.15, 0.2) is 36.4 Å². The number of alkyl halides is 2. The maximum atomic E-state index is 11.7. The van der Waals surface area contributed by atoms with Crippen molar-refractivity contribution in [1.29, 1.82) is 0 Å². The predicted octanol–water partition coefficient (Wildman–Crippen LogP) is 2.04. The predicted molar refractivity (Wildman–Crippen MR) is 91.3 cm³/mol. The summed E-state index contributed by atoms with van der Waals surface area (Å²) in [5.74, 6) is -1.50. The van der Waals surface area contributed by atoms with Crippen molar-refractivity contribution < 1.29 is 24.4 Å². The zero-order valence-corrected chi connectivity index (χ0v) is 14.7. The van der Waals surface area contributed by atoms with E-state index in [1.165, 1.54) is 31.2 Å². The Morgan fingerprint density at radius 3 is 2.36 bits per heavy atom. The summed E-state index contributed by atoms with van der Waals surface area (Å²) in [4.78, 5) is 31.9. The highest BCUT2D eigenvalue weighted by Gasteiger charge is 2.27. The summed E-state index contributed by atoms with van der Waals surface area (Å²) in [7, 11) is 0. The van der Waals surface area contributed by atoms with Crippen LogP contribution in [0.25, 0.3) is 0 Å². The van der Waals surface area contributed by atoms with Gasteiger partial charge in [-0.3, -0.25) is 14.9 Å². The Balaban J connectivity index is 2.95. The van der Waals surface area contributed by atoms with Crippen molar-refractivity contribution >= 4 is 40.8 Å². The van der Waals surface area contributed by atoms with Crippen LogP contribution in [0.4, 0.5) is 5.69 Å². The van der Waals surface area contributed by atoms with Crippen LogP contribution in [0, 0.1) is 10.1 Å². The minimum atomic E-state index is -1.39. The van der Waals surface area contributed by atoms with Crippen LogP contribution in [-0.4, -0.2) is 39.4 Å². The number of aliphatic hydroxyl groups excluding tert-OH is 1. The Morgan fingerprint density at radius 2 is 1.92 bits per heavy atom. The molecule has 0 aromatic heterocycles. The van der Waals surface area contributed by atoms with Gasteiger partial charge in [0.1, 0.15) is 12.7 Å². The van der Waals surface area contributed by atoms with Crippen molar-refractivity contribution in [1.82, 2.24) is 5.32 Å². The first-order valence-electron chi connectivity index (χ1n) is 6.97. The molecule has 2 N–H and O–H groups in total. The third kappa shape index (κ3) is 6.33. The fourth-order valence-electron chi connectivity index (χ4n) is 1.77. The van der Waals surface area contributed by atoms with Gasteiger partial charge in [0.05, 0.1) is 11.0 Å². The van der Waals surface area contributed by atoms with E-state index in [4.69, 9.17) is 27.9 Å². The summed E-state index contributed by atoms with van der Waals surface area (Å²) in [5.41, 5.74) is 0.247. The molecule has 1 amide bonds. The number of amides is 1. The number of aliphatic hydroxyl groups is 1. The van der Waals surface area contributed by atoms with Gasteiger partial charge < -0.3 is 15.2 Å². The molecule has 0 aliphatic carbocycles. The summed E-state index contributed by atoms with van der Waals surface area (Å²) in [5, 5.41) is 23.4. The second-order valence-electron chi connectivity index (χ2n) is 5.09. The fourth-order valence-corrected chi connectivity index (χ4v) is 1.90. The molecule has 0 aliphatic rings. The van der Waals surface area contributed by atoms with Gasteiger partial charge >= 0.3 is 5.97 Å². The fraction of sp³-hybridized carbons (Fsp3) is 0.333. The largest absolute Gasteiger partial charge is 0.460 e. The van der Waals surface area contributed by atoms with Crippen molar-refractivity contribution in [3.05, 3.63) is 52.1 Å². The molecule has 0 heterocycles. The van der Waals surface area contributed by atoms with Crippen LogP contribution in [0.2, 0.25) is 0 Å². The third-order valence-electron chi connectivity index (χ3n) is 3.09. The van der Waals surface area contributed by atoms with Crippen LogP contribution >= 0.6 is 23.2 Å². The molecule has 0 bridgehead atoms. The number of benzene rings is 1. The van der Waals surface area contributed by atoms with Gasteiger partial charge in [0.2, 0.25) is 0 Å². The molecule has 2 atom stereocenters. The quantitative estimate of drug-likeness (QED) is 0.230. The Bertz CT molecular complexity index is 662. The normalized spacial score (nSPS) is 13.0. The Hall–Kier alpha value is -2.16. The first kappa shape index (κ1) is 20.9. The van der Waals surface area contributed by atoms with Crippen molar-refractivity contribution in [3.63, 3.8) is 0 Å². The lowest BCUT2D eigenvalue weighted by atomic mass is 10.0. The topological polar surface area (TPSA) is 119 Å². The highest BCUT2D eigenvalue weighted by molar-refractivity contribution is 6.53. The number of hydrogen-bond donors (Lipinski definition) is 2. The number of carbonyl (C=O) groups is 2. The lowest BCUT2D eigenvalue weighted by molar-refractivity contribution is -0.384. The number of hydrogen-bond acceptors (Lipinski definition) is 6. The Morgan fingerprint density at radius 1 is 1.36 bits per heavy atom. The molecule has 10 heteroatoms. The lowest BCUT2D eigenvalue weighted by Crippen LogP contribution is -2.45. The minimum absolute atomic E-state index is 0.141. The van der Waals surface area contributed by atoms with Crippen molar-refractivity contribution in [2.75, 3.05) is 6.61 Å². The summed E-state index contributed by atoms with van der Waals surface area (Å²) in [6.07, 6.45) is -1.32. The van der Waals surface area contributed by atoms with Crippen LogP contribution in [0.5, 0.6) is 0 Å². The average molecular weight is 391 g/mol. The molecular weight excluding hydrogens is 375 g/mol. The minimum Gasteiger partial charge on any atom is -0.460 e. The molecule has 1 rings (SSSR count). The highest BCUT2D eigenvalue weighted by atomic mass is 35.5. The number of nitrogens with one attached hydrogen (secondary N) is 1. The smallest absolute Gasteiger partial charge is 0.333 e. The molecule has 0 saturated heterocycles. The van der Waals surface area contributed by atoms with E-state index in [1.54, 1.807) is 0 Å². The number of halogens is 2. The van der Waals surface area contributed by atoms with E-state index in [1.807, 2.05) is 0 Å². The summed E-state index contributed by atoms with van der Waals surface area (Å²) in [6, 6.07) is 3.96. The first-order chi connectivity index (χ1) is 11.6. The van der Waals surface area contributed by atoms with Gasteiger partial charge in [-0.05, 0) is 24.6 Å². The molecule has 0 radical (unpaired) electrons. The Labute approximate surface area is 153 Å². The standard InChI is InChI=1S/C15H16Cl2N2O6/c1-8(2)15(22)25-7-11(18-14(21)13(16)17)12(20)9-3-5-10(6-4-9)19(23)24/h3-6,11-13,20H,1,7H2,2H3,(H,18,21)/t11-,12-/m1/s1. The van der Waals surface area contributed by atoms with E-state index in [0.717, 1.165) is 0 Å². The van der Waals surface area contributed by atoms with Crippen molar-refractivity contribution in [3.8, 4) is 0 Å². The molecule has 0 spiro atoms. The molecule has 136 valence electrons. The molecule has 1 aromatic carbocycles. The van der Waals surface area contributed by atoms with Gasteiger partial charge in [0, 0.05) is 17.7 Å². The molecule has 0 aliphatic heterocycles. The number of carbonyl (C=O) groups excluding carboxylic acids is 2. The maximum Gasteiger partial charge on any atom is 0.333 e. The van der Waals surface area contributed by atoms with Gasteiger partial charge in [0.15, 0.2) is 4.84 Å². The third-order valence-corrected chi connectivity index (χ3v) is 3.49. The molecule has 8 nitrogen and oxygen atoms in total. The monoisotopic (exact) mass is 390 g/mol. The van der Waals surface area contributed by atoms with E-state index < -0.39 is 33.8 Å². The first-order valence-corrected chi connectivity index (χ1v) is 7.84. The van der Waals surface area contributed by atoms with Crippen LogP contribution in [0.1, 0.15) is 18.6 Å². The zero-order valence-electron chi connectivity index (χ0n) is 13.1. The van der Waals surface area contributed by atoms with Gasteiger partial charge in [-0.2, -0.15) is 0 Å². The van der Waals surface area contributed by atoms with E-state index in [9.17, 15) is 24.8 Å². The van der Waals surface area contributed by atoms with Gasteiger partial charge in [-0.15, -0.1) is 0 Å². The number of rotatable bonds is 8. The zero-order chi connectivity index (χ0) is 19.1. The molecule has 0 fully saturated rings. The summed E-state index contributed by atoms with van der Waals surface area (Å²) >= 11 is 10.9. The maximum absolute atomic E-state index is 11.7. The van der Waals surface area contributed by atoms with Crippen LogP contribution in [-0.2, 0) is 14.3 Å². The number of esters is 1. The number of nitrogens with zero attached hydrogens (tertiary/aromatic N) is 1. The van der Waals surface area contributed by atoms with Gasteiger partial charge in [0.25, 0.3) is 11.6 Å². The van der Waals surface area contributed by atoms with Crippen molar-refractivity contribution in [2.45, 2.75) is 23.9 Å². The number of ether oxygens (including phenoxy) is 1. The SMILES string of the molecule is C=C(C)C(=O)OC[C@@H](NC(=O)C(Cl)Cl)[C@H](O)c1ccc([N+](=O)[O-])cc1. The van der Waals surface area contributed by atoms with Crippen molar-refractivity contribution in [2.24, 2.45) is 0 Å². The van der Waals surface area contributed by atoms with Crippen LogP contribution < -0.4 is 5.32 Å². The highest BCUT2D eigenvalue weighted by Crippen LogP contribution is 2.21. The van der Waals surface area contributed by atoms with E-state index in [-0.39, 0.29) is 23.4 Å². The molecule has 1 aromatic rings. The summed E-state index contributed by atoms with van der Waals surface area (Å²) < 4.78 is 4.94. The number of nitro groups is 1. The lowest BCUT2D eigenvalue weighted by Gasteiger charge is -2.24. The second kappa shape index (κ2) is 9.36. The van der Waals surface area contributed by atoms with E-state index in [0.29, 0.717) is 0 Å². The molecule has 0 unspecified atom stereocenters. The van der Waals surface area contributed by atoms with Gasteiger partial charge in [-0.25, -0.2) is 4.79 Å². The molecular formula is C15H16Cl2N2O6. The number of non-ortho nitro benzene ring substituents is 1. The summed E-state index contributed by atoms with van der Waals surface area (Å²) in [6.45, 7) is 4.48. The number of nitro benzene ring substituents is 1. The van der Waals surface area contributed by atoms with Crippen LogP contribution in [0.3, 0.4) is 0 Å².